The number of benzene rings is 2. The summed E-state index contributed by atoms with van der Waals surface area (Å²) in [6, 6.07) is 12.0. The fourth-order valence-electron chi connectivity index (χ4n) is 1.88. The van der Waals surface area contributed by atoms with Crippen molar-refractivity contribution in [3.05, 3.63) is 47.5 Å². The van der Waals surface area contributed by atoms with Gasteiger partial charge in [-0.05, 0) is 22.3 Å². The van der Waals surface area contributed by atoms with Crippen molar-refractivity contribution in [2.45, 2.75) is 19.8 Å². The summed E-state index contributed by atoms with van der Waals surface area (Å²) in [7, 11) is 0. The van der Waals surface area contributed by atoms with E-state index in [2.05, 4.69) is 26.2 Å². The molecule has 0 saturated carbocycles. The Morgan fingerprint density at radius 2 is 1.80 bits per heavy atom. The van der Waals surface area contributed by atoms with Crippen LogP contribution in [0.3, 0.4) is 0 Å². The molecule has 2 rings (SSSR count). The van der Waals surface area contributed by atoms with Crippen LogP contribution in [0.25, 0.3) is 10.8 Å². The summed E-state index contributed by atoms with van der Waals surface area (Å²) in [6.07, 6.45) is 2.07. The molecule has 2 aromatic rings. The molecule has 0 aromatic heterocycles. The van der Waals surface area contributed by atoms with Gasteiger partial charge < -0.3 is 0 Å². The average Bonchev–Trinajstić information content (AvgIpc) is 2.27. The van der Waals surface area contributed by atoms with Crippen LogP contribution in [0.5, 0.6) is 0 Å². The van der Waals surface area contributed by atoms with E-state index in [1.807, 2.05) is 30.3 Å². The maximum absolute atomic E-state index is 11.0. The minimum atomic E-state index is 0.353. The lowest BCUT2D eigenvalue weighted by molar-refractivity contribution is 0.562. The predicted octanol–water partition coefficient (Wildman–Crippen LogP) is 3.42. The molecular weight excluding hydrogens is 184 g/mol. The first-order chi connectivity index (χ1) is 7.24. The van der Waals surface area contributed by atoms with Gasteiger partial charge in [-0.2, -0.15) is 0 Å². The van der Waals surface area contributed by atoms with Gasteiger partial charge in [0.1, 0.15) is 0 Å². The van der Waals surface area contributed by atoms with E-state index in [1.54, 1.807) is 0 Å². The standard InChI is InChI=1S/C14H13O/c1-10(2)12-8-7-11-5-3-4-6-13(11)14(12)9-15/h3-8,10H,1-2H3. The first kappa shape index (κ1) is 9.91. The second-order valence-corrected chi connectivity index (χ2v) is 4.01. The van der Waals surface area contributed by atoms with Crippen LogP contribution in [0.15, 0.2) is 36.4 Å². The van der Waals surface area contributed by atoms with Crippen molar-refractivity contribution in [1.82, 2.24) is 0 Å². The molecule has 0 atom stereocenters. The monoisotopic (exact) mass is 197 g/mol. The van der Waals surface area contributed by atoms with Crippen molar-refractivity contribution >= 4 is 17.1 Å². The minimum Gasteiger partial charge on any atom is -0.285 e. The third-order valence-electron chi connectivity index (χ3n) is 2.69. The highest BCUT2D eigenvalue weighted by atomic mass is 16.1. The Hall–Kier alpha value is -1.63. The van der Waals surface area contributed by atoms with Gasteiger partial charge in [0, 0.05) is 5.56 Å². The summed E-state index contributed by atoms with van der Waals surface area (Å²) < 4.78 is 0. The van der Waals surface area contributed by atoms with Gasteiger partial charge in [0.05, 0.1) is 0 Å². The molecule has 0 unspecified atom stereocenters. The van der Waals surface area contributed by atoms with Crippen LogP contribution in [0.4, 0.5) is 0 Å². The zero-order valence-corrected chi connectivity index (χ0v) is 8.95. The third kappa shape index (κ3) is 1.65. The third-order valence-corrected chi connectivity index (χ3v) is 2.69. The second kappa shape index (κ2) is 3.85. The van der Waals surface area contributed by atoms with Gasteiger partial charge in [-0.15, -0.1) is 0 Å². The summed E-state index contributed by atoms with van der Waals surface area (Å²) >= 11 is 0. The number of hydrogen-bond donors (Lipinski definition) is 0. The normalized spacial score (nSPS) is 10.9. The quantitative estimate of drug-likeness (QED) is 0.721. The molecule has 0 bridgehead atoms. The van der Waals surface area contributed by atoms with Crippen molar-refractivity contribution < 1.29 is 4.79 Å². The van der Waals surface area contributed by atoms with Gasteiger partial charge in [0.25, 0.3) is 0 Å². The van der Waals surface area contributed by atoms with Crippen molar-refractivity contribution in [2.75, 3.05) is 0 Å². The molecule has 0 saturated heterocycles. The van der Waals surface area contributed by atoms with Crippen LogP contribution in [0.2, 0.25) is 0 Å². The predicted molar refractivity (Wildman–Crippen MR) is 62.8 cm³/mol. The highest BCUT2D eigenvalue weighted by Crippen LogP contribution is 2.25. The maximum atomic E-state index is 11.0. The number of fused-ring (bicyclic) bond motifs is 1. The van der Waals surface area contributed by atoms with Crippen LogP contribution in [0.1, 0.15) is 30.9 Å². The smallest absolute Gasteiger partial charge is 0.234 e. The summed E-state index contributed by atoms with van der Waals surface area (Å²) in [6.45, 7) is 4.18. The highest BCUT2D eigenvalue weighted by molar-refractivity contribution is 5.99. The Bertz CT molecular complexity index is 498. The topological polar surface area (TPSA) is 17.1 Å². The molecule has 0 fully saturated rings. The molecule has 0 aliphatic rings. The number of rotatable bonds is 2. The molecule has 2 aromatic carbocycles. The van der Waals surface area contributed by atoms with Crippen LogP contribution in [0, 0.1) is 0 Å². The van der Waals surface area contributed by atoms with Gasteiger partial charge in [-0.25, -0.2) is 0 Å². The molecule has 1 heteroatoms. The van der Waals surface area contributed by atoms with Gasteiger partial charge in [-0.1, -0.05) is 50.2 Å². The summed E-state index contributed by atoms with van der Waals surface area (Å²) in [5.74, 6) is 0.353. The zero-order valence-electron chi connectivity index (χ0n) is 8.95. The van der Waals surface area contributed by atoms with E-state index in [9.17, 15) is 4.79 Å². The zero-order chi connectivity index (χ0) is 10.8. The van der Waals surface area contributed by atoms with E-state index in [1.165, 1.54) is 0 Å². The molecular formula is C14H13O. The largest absolute Gasteiger partial charge is 0.285 e. The second-order valence-electron chi connectivity index (χ2n) is 4.01. The van der Waals surface area contributed by atoms with Crippen LogP contribution >= 0.6 is 0 Å². The van der Waals surface area contributed by atoms with Crippen molar-refractivity contribution in [2.24, 2.45) is 0 Å². The van der Waals surface area contributed by atoms with Crippen molar-refractivity contribution in [1.29, 1.82) is 0 Å². The first-order valence-corrected chi connectivity index (χ1v) is 5.14. The Balaban J connectivity index is 2.81. The maximum Gasteiger partial charge on any atom is 0.234 e. The van der Waals surface area contributed by atoms with Crippen LogP contribution < -0.4 is 0 Å². The van der Waals surface area contributed by atoms with Crippen LogP contribution in [-0.4, -0.2) is 6.29 Å². The highest BCUT2D eigenvalue weighted by Gasteiger charge is 2.09. The fraction of sp³-hybridized carbons (Fsp3) is 0.214. The Morgan fingerprint density at radius 1 is 1.07 bits per heavy atom. The Kier molecular flexibility index (Phi) is 2.55. The summed E-state index contributed by atoms with van der Waals surface area (Å²) in [4.78, 5) is 11.0. The Labute approximate surface area is 89.7 Å². The molecule has 0 amide bonds. The SMILES string of the molecule is CC(C)c1ccc2ccccc2c1[C]=O. The first-order valence-electron chi connectivity index (χ1n) is 5.14. The van der Waals surface area contributed by atoms with Gasteiger partial charge in [-0.3, -0.25) is 4.79 Å². The lowest BCUT2D eigenvalue weighted by Gasteiger charge is -2.10. The fourth-order valence-corrected chi connectivity index (χ4v) is 1.88. The lowest BCUT2D eigenvalue weighted by atomic mass is 9.93. The van der Waals surface area contributed by atoms with Gasteiger partial charge in [0.2, 0.25) is 6.29 Å². The van der Waals surface area contributed by atoms with Gasteiger partial charge >= 0.3 is 0 Å². The van der Waals surface area contributed by atoms with Gasteiger partial charge in [0.15, 0.2) is 0 Å². The summed E-state index contributed by atoms with van der Waals surface area (Å²) in [5, 5.41) is 2.10. The van der Waals surface area contributed by atoms with Crippen molar-refractivity contribution in [3.63, 3.8) is 0 Å². The Morgan fingerprint density at radius 3 is 2.47 bits per heavy atom. The molecule has 0 aliphatic heterocycles. The molecule has 75 valence electrons. The van der Waals surface area contributed by atoms with E-state index in [4.69, 9.17) is 0 Å². The van der Waals surface area contributed by atoms with Crippen LogP contribution in [-0.2, 0) is 4.79 Å². The molecule has 0 N–H and O–H groups in total. The molecule has 15 heavy (non-hydrogen) atoms. The lowest BCUT2D eigenvalue weighted by Crippen LogP contribution is -1.96. The number of hydrogen-bond acceptors (Lipinski definition) is 1. The summed E-state index contributed by atoms with van der Waals surface area (Å²) in [5.41, 5.74) is 1.78. The van der Waals surface area contributed by atoms with E-state index in [-0.39, 0.29) is 0 Å². The van der Waals surface area contributed by atoms with E-state index >= 15 is 0 Å². The molecule has 0 spiro atoms. The van der Waals surface area contributed by atoms with E-state index < -0.39 is 0 Å². The van der Waals surface area contributed by atoms with E-state index in [0.717, 1.165) is 16.3 Å². The van der Waals surface area contributed by atoms with E-state index in [0.29, 0.717) is 11.5 Å². The minimum absolute atomic E-state index is 0.353. The molecule has 0 aliphatic carbocycles. The molecule has 1 nitrogen and oxygen atoms in total. The average molecular weight is 197 g/mol. The molecule has 0 heterocycles. The van der Waals surface area contributed by atoms with Crippen molar-refractivity contribution in [3.8, 4) is 0 Å². The molecule has 1 radical (unpaired) electrons. The number of carbonyl (C=O) groups excluding carboxylic acids is 1.